The molecule has 6 nitrogen and oxygen atoms in total. The highest BCUT2D eigenvalue weighted by molar-refractivity contribution is 6.07. The summed E-state index contributed by atoms with van der Waals surface area (Å²) in [6.07, 6.45) is 1.69. The van der Waals surface area contributed by atoms with E-state index in [2.05, 4.69) is 10.7 Å². The smallest absolute Gasteiger partial charge is 0.273 e. The third-order valence-corrected chi connectivity index (χ3v) is 3.77. The summed E-state index contributed by atoms with van der Waals surface area (Å²) in [6.45, 7) is 1.49. The van der Waals surface area contributed by atoms with Crippen molar-refractivity contribution in [2.45, 2.75) is 13.3 Å². The van der Waals surface area contributed by atoms with Gasteiger partial charge >= 0.3 is 0 Å². The monoisotopic (exact) mass is 335 g/mol. The molecule has 0 saturated heterocycles. The first kappa shape index (κ1) is 16.4. The van der Waals surface area contributed by atoms with Crippen molar-refractivity contribution in [2.24, 2.45) is 0 Å². The van der Waals surface area contributed by atoms with Crippen LogP contribution in [0.5, 0.6) is 0 Å². The highest BCUT2D eigenvalue weighted by atomic mass is 16.2. The Labute approximate surface area is 145 Å². The van der Waals surface area contributed by atoms with Crippen molar-refractivity contribution in [3.8, 4) is 0 Å². The molecule has 1 aliphatic rings. The van der Waals surface area contributed by atoms with Crippen LogP contribution in [0.2, 0.25) is 0 Å². The number of nitrogens with one attached hydrogen (secondary N) is 2. The molecule has 0 saturated carbocycles. The van der Waals surface area contributed by atoms with Crippen LogP contribution in [0.25, 0.3) is 0 Å². The van der Waals surface area contributed by atoms with Gasteiger partial charge in [-0.3, -0.25) is 19.8 Å². The minimum Gasteiger partial charge on any atom is -0.321 e. The van der Waals surface area contributed by atoms with Gasteiger partial charge in [0, 0.05) is 17.7 Å². The summed E-state index contributed by atoms with van der Waals surface area (Å²) >= 11 is 0. The number of para-hydroxylation sites is 1. The van der Waals surface area contributed by atoms with Gasteiger partial charge in [-0.15, -0.1) is 0 Å². The molecule has 126 valence electrons. The first-order valence-corrected chi connectivity index (χ1v) is 7.82. The molecule has 0 fully saturated rings. The summed E-state index contributed by atoms with van der Waals surface area (Å²) in [5, 5.41) is 4.10. The van der Waals surface area contributed by atoms with Gasteiger partial charge < -0.3 is 5.32 Å². The summed E-state index contributed by atoms with van der Waals surface area (Å²) in [7, 11) is 0. The van der Waals surface area contributed by atoms with E-state index in [1.807, 2.05) is 18.2 Å². The third-order valence-electron chi connectivity index (χ3n) is 3.77. The van der Waals surface area contributed by atoms with Gasteiger partial charge in [-0.25, -0.2) is 5.01 Å². The Balaban J connectivity index is 1.71. The first-order chi connectivity index (χ1) is 12.0. The minimum absolute atomic E-state index is 0.0356. The van der Waals surface area contributed by atoms with Crippen LogP contribution in [0.15, 0.2) is 66.4 Å². The standard InChI is InChI=1S/C19H17N3O3/c1-13(23)14-7-9-15(10-8-14)20-19(25)17-11-12-18(24)22(21-17)16-5-3-2-4-6-16/h2-11,21H,12H2,1H3,(H,20,25). The lowest BCUT2D eigenvalue weighted by Gasteiger charge is -2.28. The second-order valence-corrected chi connectivity index (χ2v) is 5.59. The Kier molecular flexibility index (Phi) is 4.61. The lowest BCUT2D eigenvalue weighted by atomic mass is 10.1. The van der Waals surface area contributed by atoms with Gasteiger partial charge in [-0.05, 0) is 49.4 Å². The zero-order valence-electron chi connectivity index (χ0n) is 13.7. The molecule has 2 N–H and O–H groups in total. The van der Waals surface area contributed by atoms with E-state index in [0.29, 0.717) is 22.6 Å². The highest BCUT2D eigenvalue weighted by Gasteiger charge is 2.23. The summed E-state index contributed by atoms with van der Waals surface area (Å²) in [5.41, 5.74) is 4.95. The predicted octanol–water partition coefficient (Wildman–Crippen LogP) is 2.65. The largest absolute Gasteiger partial charge is 0.321 e. The molecule has 0 unspecified atom stereocenters. The minimum atomic E-state index is -0.357. The van der Waals surface area contributed by atoms with E-state index >= 15 is 0 Å². The van der Waals surface area contributed by atoms with E-state index in [4.69, 9.17) is 0 Å². The second-order valence-electron chi connectivity index (χ2n) is 5.59. The Morgan fingerprint density at radius 2 is 1.72 bits per heavy atom. The molecule has 3 rings (SSSR count). The third kappa shape index (κ3) is 3.74. The van der Waals surface area contributed by atoms with Crippen LogP contribution in [-0.4, -0.2) is 17.6 Å². The van der Waals surface area contributed by atoms with Gasteiger partial charge in [0.05, 0.1) is 5.69 Å². The maximum Gasteiger partial charge on any atom is 0.273 e. The average Bonchev–Trinajstić information content (AvgIpc) is 2.63. The Hall–Kier alpha value is -3.41. The zero-order chi connectivity index (χ0) is 17.8. The first-order valence-electron chi connectivity index (χ1n) is 7.82. The van der Waals surface area contributed by atoms with Crippen molar-refractivity contribution in [1.29, 1.82) is 0 Å². The fraction of sp³-hybridized carbons (Fsp3) is 0.105. The van der Waals surface area contributed by atoms with Crippen molar-refractivity contribution in [3.63, 3.8) is 0 Å². The summed E-state index contributed by atoms with van der Waals surface area (Å²) in [6, 6.07) is 15.7. The number of amides is 2. The van der Waals surface area contributed by atoms with Crippen molar-refractivity contribution >= 4 is 29.0 Å². The number of hydrazine groups is 1. The molecule has 2 aromatic rings. The van der Waals surface area contributed by atoms with Crippen LogP contribution in [0, 0.1) is 0 Å². The van der Waals surface area contributed by atoms with Crippen molar-refractivity contribution < 1.29 is 14.4 Å². The molecule has 6 heteroatoms. The second kappa shape index (κ2) is 7.00. The molecule has 2 aromatic carbocycles. The molecule has 25 heavy (non-hydrogen) atoms. The molecule has 1 aliphatic heterocycles. The van der Waals surface area contributed by atoms with E-state index in [0.717, 1.165) is 0 Å². The van der Waals surface area contributed by atoms with Crippen LogP contribution >= 0.6 is 0 Å². The Morgan fingerprint density at radius 1 is 1.04 bits per heavy atom. The average molecular weight is 335 g/mol. The van der Waals surface area contributed by atoms with Crippen molar-refractivity contribution in [3.05, 3.63) is 71.9 Å². The fourth-order valence-electron chi connectivity index (χ4n) is 2.42. The molecule has 0 bridgehead atoms. The van der Waals surface area contributed by atoms with E-state index in [-0.39, 0.29) is 24.0 Å². The maximum absolute atomic E-state index is 12.4. The SMILES string of the molecule is CC(=O)c1ccc(NC(=O)C2=CCC(=O)N(c3ccccc3)N2)cc1. The summed E-state index contributed by atoms with van der Waals surface area (Å²) in [5.74, 6) is -0.538. The van der Waals surface area contributed by atoms with Crippen LogP contribution in [0.3, 0.4) is 0 Å². The molecular weight excluding hydrogens is 318 g/mol. The van der Waals surface area contributed by atoms with Gasteiger partial charge in [0.25, 0.3) is 5.91 Å². The van der Waals surface area contributed by atoms with E-state index < -0.39 is 0 Å². The number of ketones is 1. The quantitative estimate of drug-likeness (QED) is 0.842. The number of carbonyl (C=O) groups excluding carboxylic acids is 3. The zero-order valence-corrected chi connectivity index (χ0v) is 13.7. The molecule has 0 aromatic heterocycles. The van der Waals surface area contributed by atoms with Gasteiger partial charge in [0.15, 0.2) is 5.78 Å². The predicted molar refractivity (Wildman–Crippen MR) is 94.8 cm³/mol. The maximum atomic E-state index is 12.4. The van der Waals surface area contributed by atoms with Gasteiger partial charge in [-0.1, -0.05) is 18.2 Å². The van der Waals surface area contributed by atoms with Gasteiger partial charge in [-0.2, -0.15) is 0 Å². The van der Waals surface area contributed by atoms with E-state index in [9.17, 15) is 14.4 Å². The normalized spacial score (nSPS) is 13.7. The Morgan fingerprint density at radius 3 is 2.36 bits per heavy atom. The number of carbonyl (C=O) groups is 3. The molecule has 2 amide bonds. The summed E-state index contributed by atoms with van der Waals surface area (Å²) in [4.78, 5) is 35.8. The molecule has 0 spiro atoms. The molecule has 1 heterocycles. The summed E-state index contributed by atoms with van der Waals surface area (Å²) < 4.78 is 0. The van der Waals surface area contributed by atoms with Crippen LogP contribution < -0.4 is 15.8 Å². The molecule has 0 aliphatic carbocycles. The van der Waals surface area contributed by atoms with Crippen LogP contribution in [0.1, 0.15) is 23.7 Å². The number of Topliss-reactive ketones (excluding diaryl/α,β-unsaturated/α-hetero) is 1. The Bertz CT molecular complexity index is 842. The number of anilines is 2. The number of nitrogens with zero attached hydrogens (tertiary/aromatic N) is 1. The topological polar surface area (TPSA) is 78.5 Å². The van der Waals surface area contributed by atoms with Gasteiger partial charge in [0.1, 0.15) is 5.70 Å². The van der Waals surface area contributed by atoms with Crippen LogP contribution in [0.4, 0.5) is 11.4 Å². The number of benzene rings is 2. The van der Waals surface area contributed by atoms with Gasteiger partial charge in [0.2, 0.25) is 5.91 Å². The van der Waals surface area contributed by atoms with E-state index in [1.54, 1.807) is 42.5 Å². The molecule has 0 radical (unpaired) electrons. The van der Waals surface area contributed by atoms with Crippen LogP contribution in [-0.2, 0) is 9.59 Å². The lowest BCUT2D eigenvalue weighted by molar-refractivity contribution is -0.119. The van der Waals surface area contributed by atoms with Crippen molar-refractivity contribution in [1.82, 2.24) is 5.43 Å². The number of hydrogen-bond donors (Lipinski definition) is 2. The number of rotatable bonds is 4. The van der Waals surface area contributed by atoms with E-state index in [1.165, 1.54) is 11.9 Å². The molecule has 0 atom stereocenters. The van der Waals surface area contributed by atoms with Crippen molar-refractivity contribution in [2.75, 3.05) is 10.3 Å². The molecular formula is C19H17N3O3. The number of hydrogen-bond acceptors (Lipinski definition) is 4. The lowest BCUT2D eigenvalue weighted by Crippen LogP contribution is -2.47. The fourth-order valence-corrected chi connectivity index (χ4v) is 2.42. The highest BCUT2D eigenvalue weighted by Crippen LogP contribution is 2.18.